The van der Waals surface area contributed by atoms with Crippen LogP contribution in [0, 0.1) is 13.8 Å². The fourth-order valence-electron chi connectivity index (χ4n) is 2.87. The highest BCUT2D eigenvalue weighted by Crippen LogP contribution is 2.40. The lowest BCUT2D eigenvalue weighted by molar-refractivity contribution is 0.0764. The normalized spacial score (nSPS) is 14.9. The van der Waals surface area contributed by atoms with Crippen molar-refractivity contribution in [3.63, 3.8) is 0 Å². The molecule has 2 aromatic rings. The van der Waals surface area contributed by atoms with Crippen LogP contribution in [-0.4, -0.2) is 32.8 Å². The molecule has 0 aliphatic heterocycles. The van der Waals surface area contributed by atoms with E-state index < -0.39 is 0 Å². The molecule has 0 unspecified atom stereocenters. The quantitative estimate of drug-likeness (QED) is 0.862. The minimum absolute atomic E-state index is 0.0238. The second-order valence-corrected chi connectivity index (χ2v) is 7.78. The van der Waals surface area contributed by atoms with E-state index in [1.54, 1.807) is 4.90 Å². The van der Waals surface area contributed by atoms with Crippen LogP contribution in [0.3, 0.4) is 0 Å². The maximum Gasteiger partial charge on any atom is 0.272 e. The molecule has 24 heavy (non-hydrogen) atoms. The van der Waals surface area contributed by atoms with Crippen LogP contribution < -0.4 is 0 Å². The molecule has 1 fully saturated rings. The number of nitrogens with zero attached hydrogens (tertiary/aromatic N) is 4. The molecule has 2 aromatic heterocycles. The Kier molecular flexibility index (Phi) is 4.01. The second kappa shape index (κ2) is 5.76. The second-order valence-electron chi connectivity index (χ2n) is 7.78. The number of amides is 1. The van der Waals surface area contributed by atoms with Crippen molar-refractivity contribution in [2.75, 3.05) is 7.05 Å². The summed E-state index contributed by atoms with van der Waals surface area (Å²) in [6.07, 6.45) is 2.34. The predicted octanol–water partition coefficient (Wildman–Crippen LogP) is 3.39. The van der Waals surface area contributed by atoms with Crippen molar-refractivity contribution in [3.8, 4) is 0 Å². The molecule has 0 atom stereocenters. The summed E-state index contributed by atoms with van der Waals surface area (Å²) in [4.78, 5) is 14.7. The van der Waals surface area contributed by atoms with Crippen molar-refractivity contribution >= 4 is 5.91 Å². The molecular formula is C18H26N4O2. The van der Waals surface area contributed by atoms with Gasteiger partial charge in [-0.2, -0.15) is 5.10 Å². The molecule has 0 spiro atoms. The van der Waals surface area contributed by atoms with Gasteiger partial charge in [0.25, 0.3) is 5.91 Å². The molecule has 130 valence electrons. The fourth-order valence-corrected chi connectivity index (χ4v) is 2.87. The molecular weight excluding hydrogens is 304 g/mol. The Labute approximate surface area is 142 Å². The molecule has 0 bridgehead atoms. The lowest BCUT2D eigenvalue weighted by Crippen LogP contribution is -2.33. The highest BCUT2D eigenvalue weighted by molar-refractivity contribution is 5.92. The molecule has 0 radical (unpaired) electrons. The summed E-state index contributed by atoms with van der Waals surface area (Å²) in [7, 11) is 1.81. The maximum absolute atomic E-state index is 13.0. The highest BCUT2D eigenvalue weighted by atomic mass is 16.5. The SMILES string of the molecule is Cc1noc(C)c1CN(C)C(=O)c1cc(C2CC2)nn1C(C)(C)C. The Hall–Kier alpha value is -2.11. The zero-order valence-corrected chi connectivity index (χ0v) is 15.4. The fraction of sp³-hybridized carbons (Fsp3) is 0.611. The van der Waals surface area contributed by atoms with E-state index in [4.69, 9.17) is 9.62 Å². The third-order valence-corrected chi connectivity index (χ3v) is 4.50. The van der Waals surface area contributed by atoms with E-state index in [0.29, 0.717) is 18.2 Å². The Balaban J connectivity index is 1.88. The van der Waals surface area contributed by atoms with Crippen LogP contribution in [0.25, 0.3) is 0 Å². The van der Waals surface area contributed by atoms with Gasteiger partial charge in [-0.1, -0.05) is 5.16 Å². The van der Waals surface area contributed by atoms with Crippen LogP contribution in [0.4, 0.5) is 0 Å². The van der Waals surface area contributed by atoms with E-state index in [9.17, 15) is 4.79 Å². The van der Waals surface area contributed by atoms with Crippen LogP contribution in [-0.2, 0) is 12.1 Å². The van der Waals surface area contributed by atoms with Crippen LogP contribution in [0.5, 0.6) is 0 Å². The molecule has 1 amide bonds. The summed E-state index contributed by atoms with van der Waals surface area (Å²) < 4.78 is 7.07. The lowest BCUT2D eigenvalue weighted by Gasteiger charge is -2.24. The summed E-state index contributed by atoms with van der Waals surface area (Å²) in [5, 5.41) is 8.68. The van der Waals surface area contributed by atoms with Crippen molar-refractivity contribution in [2.45, 2.75) is 65.5 Å². The maximum atomic E-state index is 13.0. The van der Waals surface area contributed by atoms with Gasteiger partial charge in [0.2, 0.25) is 0 Å². The summed E-state index contributed by atoms with van der Waals surface area (Å²) in [6.45, 7) is 10.5. The largest absolute Gasteiger partial charge is 0.361 e. The monoisotopic (exact) mass is 330 g/mol. The summed E-state index contributed by atoms with van der Waals surface area (Å²) >= 11 is 0. The van der Waals surface area contributed by atoms with Crippen molar-refractivity contribution in [1.82, 2.24) is 19.8 Å². The van der Waals surface area contributed by atoms with E-state index in [2.05, 4.69) is 25.9 Å². The standard InChI is InChI=1S/C18H26N4O2/c1-11-14(12(2)24-20-11)10-21(6)17(23)16-9-15(13-7-8-13)19-22(16)18(3,4)5/h9,13H,7-8,10H2,1-6H3. The van der Waals surface area contributed by atoms with Gasteiger partial charge in [-0.05, 0) is 53.5 Å². The number of rotatable bonds is 4. The summed E-state index contributed by atoms with van der Waals surface area (Å²) in [5.41, 5.74) is 3.25. The van der Waals surface area contributed by atoms with Crippen LogP contribution >= 0.6 is 0 Å². The van der Waals surface area contributed by atoms with Gasteiger partial charge in [0.1, 0.15) is 11.5 Å². The zero-order valence-electron chi connectivity index (χ0n) is 15.4. The van der Waals surface area contributed by atoms with Gasteiger partial charge in [-0.15, -0.1) is 0 Å². The number of carbonyl (C=O) groups excluding carboxylic acids is 1. The first kappa shape index (κ1) is 16.7. The van der Waals surface area contributed by atoms with E-state index in [-0.39, 0.29) is 11.4 Å². The Bertz CT molecular complexity index is 743. The Morgan fingerprint density at radius 1 is 1.38 bits per heavy atom. The number of aryl methyl sites for hydroxylation is 2. The topological polar surface area (TPSA) is 64.2 Å². The molecule has 0 saturated heterocycles. The van der Waals surface area contributed by atoms with E-state index in [1.807, 2.05) is 31.6 Å². The van der Waals surface area contributed by atoms with Gasteiger partial charge >= 0.3 is 0 Å². The molecule has 3 rings (SSSR count). The van der Waals surface area contributed by atoms with Crippen molar-refractivity contribution in [3.05, 3.63) is 34.5 Å². The first-order valence-corrected chi connectivity index (χ1v) is 8.46. The van der Waals surface area contributed by atoms with Gasteiger partial charge in [0.15, 0.2) is 0 Å². The first-order chi connectivity index (χ1) is 11.2. The van der Waals surface area contributed by atoms with E-state index >= 15 is 0 Å². The predicted molar refractivity (Wildman–Crippen MR) is 91.0 cm³/mol. The smallest absolute Gasteiger partial charge is 0.272 e. The first-order valence-electron chi connectivity index (χ1n) is 8.46. The van der Waals surface area contributed by atoms with Crippen molar-refractivity contribution < 1.29 is 9.32 Å². The van der Waals surface area contributed by atoms with Crippen molar-refractivity contribution in [2.24, 2.45) is 0 Å². The minimum atomic E-state index is -0.234. The number of aromatic nitrogens is 3. The molecule has 1 aliphatic carbocycles. The third kappa shape index (κ3) is 3.09. The minimum Gasteiger partial charge on any atom is -0.361 e. The molecule has 6 heteroatoms. The number of carbonyl (C=O) groups is 1. The molecule has 1 saturated carbocycles. The van der Waals surface area contributed by atoms with Crippen LogP contribution in [0.2, 0.25) is 0 Å². The Morgan fingerprint density at radius 2 is 2.04 bits per heavy atom. The zero-order chi connectivity index (χ0) is 17.6. The molecule has 6 nitrogen and oxygen atoms in total. The van der Waals surface area contributed by atoms with Crippen LogP contribution in [0.1, 0.15) is 72.7 Å². The van der Waals surface area contributed by atoms with Gasteiger partial charge in [-0.25, -0.2) is 0 Å². The molecule has 0 N–H and O–H groups in total. The van der Waals surface area contributed by atoms with E-state index in [1.165, 1.54) is 12.8 Å². The third-order valence-electron chi connectivity index (χ3n) is 4.50. The number of hydrogen-bond donors (Lipinski definition) is 0. The number of hydrogen-bond acceptors (Lipinski definition) is 4. The summed E-state index contributed by atoms with van der Waals surface area (Å²) in [5.74, 6) is 1.26. The van der Waals surface area contributed by atoms with Gasteiger partial charge in [-0.3, -0.25) is 9.48 Å². The molecule has 2 heterocycles. The molecule has 1 aliphatic rings. The Morgan fingerprint density at radius 3 is 2.54 bits per heavy atom. The van der Waals surface area contributed by atoms with Gasteiger partial charge in [0, 0.05) is 18.5 Å². The van der Waals surface area contributed by atoms with Crippen molar-refractivity contribution in [1.29, 1.82) is 0 Å². The van der Waals surface area contributed by atoms with E-state index in [0.717, 1.165) is 22.7 Å². The molecule has 0 aromatic carbocycles. The summed E-state index contributed by atoms with van der Waals surface area (Å²) in [6, 6.07) is 1.97. The highest BCUT2D eigenvalue weighted by Gasteiger charge is 2.32. The average Bonchev–Trinajstić information content (AvgIpc) is 3.18. The van der Waals surface area contributed by atoms with Crippen LogP contribution in [0.15, 0.2) is 10.6 Å². The van der Waals surface area contributed by atoms with Gasteiger partial charge < -0.3 is 9.42 Å². The average molecular weight is 330 g/mol. The van der Waals surface area contributed by atoms with Gasteiger partial charge in [0.05, 0.1) is 23.5 Å². The lowest BCUT2D eigenvalue weighted by atomic mass is 10.1.